The van der Waals surface area contributed by atoms with Crippen LogP contribution in [0.3, 0.4) is 0 Å². The summed E-state index contributed by atoms with van der Waals surface area (Å²) in [5.41, 5.74) is -0.708. The van der Waals surface area contributed by atoms with Crippen LogP contribution in [0, 0.1) is 68.0 Å². The van der Waals surface area contributed by atoms with E-state index in [1.807, 2.05) is 26.8 Å². The normalized spacial score (nSPS) is 42.3. The van der Waals surface area contributed by atoms with E-state index in [0.29, 0.717) is 30.4 Å². The molecule has 5 aliphatic carbocycles. The van der Waals surface area contributed by atoms with Gasteiger partial charge in [-0.3, -0.25) is 4.79 Å². The Balaban J connectivity index is 1.61. The van der Waals surface area contributed by atoms with Crippen molar-refractivity contribution in [2.24, 2.45) is 56.7 Å². The summed E-state index contributed by atoms with van der Waals surface area (Å²) in [6.45, 7) is 21.9. The van der Waals surface area contributed by atoms with Gasteiger partial charge in [-0.05, 0) is 117 Å². The number of allylic oxidation sites excluding steroid dienone is 4. The fourth-order valence-electron chi connectivity index (χ4n) is 11.6. The second-order valence-corrected chi connectivity index (χ2v) is 17.9. The molecule has 0 saturated heterocycles. The maximum atomic E-state index is 14.9. The Bertz CT molecular complexity index is 1350. The van der Waals surface area contributed by atoms with Crippen LogP contribution < -0.4 is 0 Å². The van der Waals surface area contributed by atoms with Crippen molar-refractivity contribution in [3.05, 3.63) is 23.0 Å². The van der Waals surface area contributed by atoms with Crippen LogP contribution in [0.25, 0.3) is 0 Å². The zero-order chi connectivity index (χ0) is 33.5. The average molecular weight is 623 g/mol. The number of aliphatic hydroxyl groups is 2. The van der Waals surface area contributed by atoms with E-state index in [-0.39, 0.29) is 58.7 Å². The Morgan fingerprint density at radius 1 is 1.09 bits per heavy atom. The first-order chi connectivity index (χ1) is 20.7. The van der Waals surface area contributed by atoms with Gasteiger partial charge in [-0.2, -0.15) is 5.26 Å². The zero-order valence-corrected chi connectivity index (χ0v) is 29.5. The molecule has 0 aromatic carbocycles. The lowest BCUT2D eigenvalue weighted by atomic mass is 9.33. The number of nitriles is 1. The number of ketones is 1. The lowest BCUT2D eigenvalue weighted by Gasteiger charge is -2.70. The standard InChI is InChI=1S/C38H58N2O5/c1-23-11-14-38(22-40(17-18-41)32(44)45-33(3,4)5)16-15-37(10)30(29(38)24(23)2)26(42)19-28-35(8)20-25(21-39)31(43)34(6,7)27(35)12-13-36(28,37)9/h19,23-24,27,29-30,41,43H,11-18,20,22H2,1-10H3/t23-,24+,27+,29+,30-,35+,36-,37-,38-/m1/s1. The van der Waals surface area contributed by atoms with Crippen LogP contribution in [0.5, 0.6) is 0 Å². The molecule has 0 unspecified atom stereocenters. The molecule has 3 fully saturated rings. The highest BCUT2D eigenvalue weighted by atomic mass is 16.6. The number of carbonyl (C=O) groups excluding carboxylic acids is 2. The van der Waals surface area contributed by atoms with Crippen LogP contribution >= 0.6 is 0 Å². The van der Waals surface area contributed by atoms with Crippen molar-refractivity contribution in [2.45, 2.75) is 120 Å². The van der Waals surface area contributed by atoms with E-state index in [2.05, 4.69) is 54.5 Å². The minimum absolute atomic E-state index is 0.0951. The van der Waals surface area contributed by atoms with E-state index < -0.39 is 22.5 Å². The van der Waals surface area contributed by atoms with Crippen molar-refractivity contribution >= 4 is 11.9 Å². The molecule has 7 heteroatoms. The Labute approximate surface area is 271 Å². The predicted octanol–water partition coefficient (Wildman–Crippen LogP) is 8.00. The molecule has 45 heavy (non-hydrogen) atoms. The van der Waals surface area contributed by atoms with Crippen LogP contribution in [-0.4, -0.2) is 52.3 Å². The van der Waals surface area contributed by atoms with Crippen LogP contribution in [0.4, 0.5) is 4.79 Å². The molecule has 9 atom stereocenters. The van der Waals surface area contributed by atoms with Gasteiger partial charge >= 0.3 is 6.09 Å². The molecule has 1 amide bonds. The molecule has 5 rings (SSSR count). The highest BCUT2D eigenvalue weighted by Gasteiger charge is 2.70. The molecule has 0 aliphatic heterocycles. The van der Waals surface area contributed by atoms with Crippen molar-refractivity contribution < 1.29 is 24.5 Å². The van der Waals surface area contributed by atoms with Crippen molar-refractivity contribution in [1.29, 1.82) is 5.26 Å². The summed E-state index contributed by atoms with van der Waals surface area (Å²) < 4.78 is 5.81. The van der Waals surface area contributed by atoms with Crippen LogP contribution in [-0.2, 0) is 9.53 Å². The molecule has 0 radical (unpaired) electrons. The molecule has 0 aromatic heterocycles. The molecule has 2 N–H and O–H groups in total. The Morgan fingerprint density at radius 3 is 2.36 bits per heavy atom. The van der Waals surface area contributed by atoms with Gasteiger partial charge in [-0.25, -0.2) is 4.79 Å². The number of aliphatic hydroxyl groups excluding tert-OH is 2. The SMILES string of the molecule is C[C@@H]1[C@H]2[C@H]3C(=O)C=C4[C@@]5(C)CC(C#N)=C(O)C(C)(C)[C@@H]5CC[C@@]4(C)[C@]3(C)CC[C@@]2(CN(CCO)C(=O)OC(C)(C)C)CC[C@H]1C. The summed E-state index contributed by atoms with van der Waals surface area (Å²) in [5.74, 6) is 1.22. The number of hydrogen-bond donors (Lipinski definition) is 2. The lowest BCUT2D eigenvalue weighted by Crippen LogP contribution is -2.66. The minimum atomic E-state index is -0.642. The predicted molar refractivity (Wildman–Crippen MR) is 175 cm³/mol. The van der Waals surface area contributed by atoms with Gasteiger partial charge < -0.3 is 19.8 Å². The molecular weight excluding hydrogens is 564 g/mol. The van der Waals surface area contributed by atoms with Crippen molar-refractivity contribution in [2.75, 3.05) is 19.7 Å². The van der Waals surface area contributed by atoms with Gasteiger partial charge in [-0.15, -0.1) is 0 Å². The Hall–Kier alpha value is -2.33. The number of carbonyl (C=O) groups is 2. The van der Waals surface area contributed by atoms with Gasteiger partial charge in [0.25, 0.3) is 0 Å². The fourth-order valence-corrected chi connectivity index (χ4v) is 11.6. The van der Waals surface area contributed by atoms with Crippen molar-refractivity contribution in [1.82, 2.24) is 4.90 Å². The first-order valence-electron chi connectivity index (χ1n) is 17.4. The van der Waals surface area contributed by atoms with Crippen LogP contribution in [0.15, 0.2) is 23.0 Å². The molecule has 0 heterocycles. The minimum Gasteiger partial charge on any atom is -0.511 e. The van der Waals surface area contributed by atoms with Crippen LogP contribution in [0.2, 0.25) is 0 Å². The molecule has 5 aliphatic rings. The number of fused-ring (bicyclic) bond motifs is 7. The molecule has 0 spiro atoms. The first kappa shape index (κ1) is 34.0. The van der Waals surface area contributed by atoms with Gasteiger partial charge in [0.2, 0.25) is 0 Å². The largest absolute Gasteiger partial charge is 0.511 e. The molecule has 250 valence electrons. The number of hydrogen-bond acceptors (Lipinski definition) is 6. The highest BCUT2D eigenvalue weighted by Crippen LogP contribution is 2.75. The summed E-state index contributed by atoms with van der Waals surface area (Å²) in [4.78, 5) is 30.0. The molecule has 0 bridgehead atoms. The summed E-state index contributed by atoms with van der Waals surface area (Å²) in [6, 6.07) is 2.31. The number of nitrogens with zero attached hydrogens (tertiary/aromatic N) is 2. The quantitative estimate of drug-likeness (QED) is 0.329. The molecule has 0 aromatic rings. The van der Waals surface area contributed by atoms with Gasteiger partial charge in [0.1, 0.15) is 11.4 Å². The third-order valence-corrected chi connectivity index (χ3v) is 14.2. The van der Waals surface area contributed by atoms with Crippen molar-refractivity contribution in [3.63, 3.8) is 0 Å². The Kier molecular flexibility index (Phi) is 8.21. The maximum absolute atomic E-state index is 14.9. The van der Waals surface area contributed by atoms with E-state index in [0.717, 1.165) is 38.5 Å². The summed E-state index contributed by atoms with van der Waals surface area (Å²) in [5, 5.41) is 31.2. The fraction of sp³-hybridized carbons (Fsp3) is 0.816. The van der Waals surface area contributed by atoms with E-state index >= 15 is 0 Å². The number of ether oxygens (including phenoxy) is 1. The van der Waals surface area contributed by atoms with Crippen LogP contribution in [0.1, 0.15) is 114 Å². The average Bonchev–Trinajstić information content (AvgIpc) is 2.94. The van der Waals surface area contributed by atoms with Gasteiger partial charge in [0.05, 0.1) is 18.2 Å². The smallest absolute Gasteiger partial charge is 0.410 e. The molecule has 3 saturated carbocycles. The summed E-state index contributed by atoms with van der Waals surface area (Å²) >= 11 is 0. The van der Waals surface area contributed by atoms with E-state index in [9.17, 15) is 25.1 Å². The number of amides is 1. The van der Waals surface area contributed by atoms with Gasteiger partial charge in [-0.1, -0.05) is 54.0 Å². The monoisotopic (exact) mass is 622 g/mol. The van der Waals surface area contributed by atoms with E-state index in [1.165, 1.54) is 5.57 Å². The van der Waals surface area contributed by atoms with E-state index in [4.69, 9.17) is 4.74 Å². The van der Waals surface area contributed by atoms with E-state index in [1.54, 1.807) is 4.90 Å². The lowest BCUT2D eigenvalue weighted by molar-refractivity contribution is -0.181. The summed E-state index contributed by atoms with van der Waals surface area (Å²) in [7, 11) is 0. The Morgan fingerprint density at radius 2 is 1.76 bits per heavy atom. The molecule has 7 nitrogen and oxygen atoms in total. The first-order valence-corrected chi connectivity index (χ1v) is 17.4. The van der Waals surface area contributed by atoms with Gasteiger partial charge in [0.15, 0.2) is 5.78 Å². The topological polar surface area (TPSA) is 111 Å². The third-order valence-electron chi connectivity index (χ3n) is 14.2. The number of rotatable bonds is 4. The maximum Gasteiger partial charge on any atom is 0.410 e. The van der Waals surface area contributed by atoms with Crippen molar-refractivity contribution in [3.8, 4) is 6.07 Å². The highest BCUT2D eigenvalue weighted by molar-refractivity contribution is 5.95. The molecular formula is C38H58N2O5. The third kappa shape index (κ3) is 4.90. The second-order valence-electron chi connectivity index (χ2n) is 17.9. The summed E-state index contributed by atoms with van der Waals surface area (Å²) in [6.07, 6.45) is 7.73. The zero-order valence-electron chi connectivity index (χ0n) is 29.5. The van der Waals surface area contributed by atoms with Gasteiger partial charge in [0, 0.05) is 24.4 Å². The second kappa shape index (κ2) is 10.9.